The fourth-order valence-corrected chi connectivity index (χ4v) is 3.06. The Bertz CT molecular complexity index is 431. The summed E-state index contributed by atoms with van der Waals surface area (Å²) in [6.45, 7) is 0.943. The molecule has 1 fully saturated rings. The second-order valence-corrected chi connectivity index (χ2v) is 5.25. The Morgan fingerprint density at radius 1 is 1.44 bits per heavy atom. The van der Waals surface area contributed by atoms with Crippen LogP contribution in [0.3, 0.4) is 0 Å². The summed E-state index contributed by atoms with van der Waals surface area (Å²) in [5.74, 6) is -2.21. The summed E-state index contributed by atoms with van der Waals surface area (Å²) >= 11 is 1.45. The van der Waals surface area contributed by atoms with Crippen molar-refractivity contribution in [2.45, 2.75) is 18.9 Å². The molecule has 2 unspecified atom stereocenters. The highest BCUT2D eigenvalue weighted by molar-refractivity contribution is 7.08. The number of hydrogen-bond donors (Lipinski definition) is 2. The van der Waals surface area contributed by atoms with E-state index in [-0.39, 0.29) is 0 Å². The Balaban J connectivity index is 2.16. The van der Waals surface area contributed by atoms with Gasteiger partial charge in [-0.25, -0.2) is 0 Å². The number of piperidine rings is 1. The van der Waals surface area contributed by atoms with Gasteiger partial charge in [0.25, 0.3) is 0 Å². The number of carboxylic acids is 2. The number of carbonyl (C=O) groups is 2. The zero-order chi connectivity index (χ0) is 13.1. The van der Waals surface area contributed by atoms with Crippen molar-refractivity contribution < 1.29 is 19.8 Å². The molecule has 0 saturated carbocycles. The third-order valence-corrected chi connectivity index (χ3v) is 3.96. The van der Waals surface area contributed by atoms with Crippen molar-refractivity contribution in [2.24, 2.45) is 5.92 Å². The standard InChI is InChI=1S/C12H15NO4S/c14-11(15)8-2-1-4-13(6-8)10(12(16)17)9-3-5-18-7-9/h3,5,7-8,10H,1-2,4,6H2,(H,14,15)(H,16,17). The smallest absolute Gasteiger partial charge is 0.325 e. The van der Waals surface area contributed by atoms with E-state index in [1.165, 1.54) is 11.3 Å². The van der Waals surface area contributed by atoms with Gasteiger partial charge in [0, 0.05) is 6.54 Å². The van der Waals surface area contributed by atoms with Crippen LogP contribution in [-0.2, 0) is 9.59 Å². The Labute approximate surface area is 109 Å². The summed E-state index contributed by atoms with van der Waals surface area (Å²) in [4.78, 5) is 24.2. The molecule has 0 amide bonds. The molecule has 1 saturated heterocycles. The second-order valence-electron chi connectivity index (χ2n) is 4.47. The maximum atomic E-state index is 11.4. The van der Waals surface area contributed by atoms with Crippen molar-refractivity contribution in [3.05, 3.63) is 22.4 Å². The van der Waals surface area contributed by atoms with Crippen LogP contribution < -0.4 is 0 Å². The van der Waals surface area contributed by atoms with Crippen LogP contribution in [0.5, 0.6) is 0 Å². The summed E-state index contributed by atoms with van der Waals surface area (Å²) in [6, 6.07) is 1.06. The van der Waals surface area contributed by atoms with E-state index in [1.807, 2.05) is 10.8 Å². The number of likely N-dealkylation sites (tertiary alicyclic amines) is 1. The second kappa shape index (κ2) is 5.49. The molecule has 6 heteroatoms. The zero-order valence-electron chi connectivity index (χ0n) is 9.78. The number of rotatable bonds is 4. The SMILES string of the molecule is O=C(O)C1CCCN(C(C(=O)O)c2ccsc2)C1. The van der Waals surface area contributed by atoms with Crippen molar-refractivity contribution in [1.82, 2.24) is 4.90 Å². The number of nitrogens with zero attached hydrogens (tertiary/aromatic N) is 1. The minimum atomic E-state index is -0.917. The van der Waals surface area contributed by atoms with Gasteiger partial charge in [0.1, 0.15) is 6.04 Å². The molecular weight excluding hydrogens is 254 g/mol. The van der Waals surface area contributed by atoms with Gasteiger partial charge in [0.05, 0.1) is 5.92 Å². The Morgan fingerprint density at radius 2 is 2.22 bits per heavy atom. The Kier molecular flexibility index (Phi) is 3.98. The fourth-order valence-electron chi connectivity index (χ4n) is 2.38. The maximum Gasteiger partial charge on any atom is 0.325 e. The molecule has 2 N–H and O–H groups in total. The molecule has 2 atom stereocenters. The molecule has 2 heterocycles. The molecule has 1 aliphatic rings. The summed E-state index contributed by atoms with van der Waals surface area (Å²) < 4.78 is 0. The Hall–Kier alpha value is -1.40. The van der Waals surface area contributed by atoms with Crippen LogP contribution in [-0.4, -0.2) is 40.1 Å². The first-order chi connectivity index (χ1) is 8.59. The summed E-state index contributed by atoms with van der Waals surface area (Å²) in [5, 5.41) is 22.0. The van der Waals surface area contributed by atoms with Gasteiger partial charge in [-0.3, -0.25) is 14.5 Å². The van der Waals surface area contributed by atoms with E-state index in [0.717, 1.165) is 12.0 Å². The van der Waals surface area contributed by atoms with E-state index < -0.39 is 23.9 Å². The molecule has 98 valence electrons. The minimum Gasteiger partial charge on any atom is -0.481 e. The molecule has 2 rings (SSSR count). The highest BCUT2D eigenvalue weighted by atomic mass is 32.1. The van der Waals surface area contributed by atoms with Crippen LogP contribution in [0.1, 0.15) is 24.4 Å². The first kappa shape index (κ1) is 13.0. The lowest BCUT2D eigenvalue weighted by Crippen LogP contribution is -2.43. The minimum absolute atomic E-state index is 0.308. The van der Waals surface area contributed by atoms with Crippen molar-refractivity contribution in [1.29, 1.82) is 0 Å². The van der Waals surface area contributed by atoms with Crippen molar-refractivity contribution in [3.63, 3.8) is 0 Å². The average molecular weight is 269 g/mol. The van der Waals surface area contributed by atoms with Crippen LogP contribution >= 0.6 is 11.3 Å². The Morgan fingerprint density at radius 3 is 2.78 bits per heavy atom. The fraction of sp³-hybridized carbons (Fsp3) is 0.500. The van der Waals surface area contributed by atoms with E-state index in [1.54, 1.807) is 11.0 Å². The van der Waals surface area contributed by atoms with Crippen molar-refractivity contribution in [2.75, 3.05) is 13.1 Å². The average Bonchev–Trinajstić information content (AvgIpc) is 2.82. The molecule has 0 aliphatic carbocycles. The van der Waals surface area contributed by atoms with Gasteiger partial charge in [-0.05, 0) is 41.8 Å². The summed E-state index contributed by atoms with van der Waals surface area (Å²) in [5.41, 5.74) is 0.735. The normalized spacial score (nSPS) is 22.6. The highest BCUT2D eigenvalue weighted by Gasteiger charge is 2.34. The van der Waals surface area contributed by atoms with Crippen LogP contribution in [0.25, 0.3) is 0 Å². The molecule has 0 spiro atoms. The lowest BCUT2D eigenvalue weighted by atomic mass is 9.95. The zero-order valence-corrected chi connectivity index (χ0v) is 10.6. The summed E-state index contributed by atoms with van der Waals surface area (Å²) in [7, 11) is 0. The highest BCUT2D eigenvalue weighted by Crippen LogP contribution is 2.28. The van der Waals surface area contributed by atoms with E-state index >= 15 is 0 Å². The summed E-state index contributed by atoms with van der Waals surface area (Å²) in [6.07, 6.45) is 1.35. The molecule has 5 nitrogen and oxygen atoms in total. The predicted octanol–water partition coefficient (Wildman–Crippen LogP) is 1.67. The molecule has 1 aromatic heterocycles. The number of carboxylic acid groups (broad SMARTS) is 2. The maximum absolute atomic E-state index is 11.4. The molecule has 0 aromatic carbocycles. The largest absolute Gasteiger partial charge is 0.481 e. The molecule has 0 bridgehead atoms. The van der Waals surface area contributed by atoms with Gasteiger partial charge in [0.2, 0.25) is 0 Å². The third-order valence-electron chi connectivity index (χ3n) is 3.26. The van der Waals surface area contributed by atoms with Crippen LogP contribution in [0, 0.1) is 5.92 Å². The number of hydrogen-bond acceptors (Lipinski definition) is 4. The van der Waals surface area contributed by atoms with E-state index in [9.17, 15) is 14.7 Å². The number of thiophene rings is 1. The monoisotopic (exact) mass is 269 g/mol. The quantitative estimate of drug-likeness (QED) is 0.869. The predicted molar refractivity (Wildman–Crippen MR) is 66.6 cm³/mol. The van der Waals surface area contributed by atoms with Crippen LogP contribution in [0.2, 0.25) is 0 Å². The van der Waals surface area contributed by atoms with E-state index in [4.69, 9.17) is 5.11 Å². The molecule has 1 aromatic rings. The van der Waals surface area contributed by atoms with Gasteiger partial charge in [0.15, 0.2) is 0 Å². The van der Waals surface area contributed by atoms with Gasteiger partial charge < -0.3 is 10.2 Å². The van der Waals surface area contributed by atoms with E-state index in [0.29, 0.717) is 19.5 Å². The van der Waals surface area contributed by atoms with E-state index in [2.05, 4.69) is 0 Å². The van der Waals surface area contributed by atoms with Crippen molar-refractivity contribution in [3.8, 4) is 0 Å². The van der Waals surface area contributed by atoms with Gasteiger partial charge in [-0.1, -0.05) is 0 Å². The molecule has 0 radical (unpaired) electrons. The first-order valence-electron chi connectivity index (χ1n) is 5.81. The van der Waals surface area contributed by atoms with Crippen molar-refractivity contribution >= 4 is 23.3 Å². The lowest BCUT2D eigenvalue weighted by Gasteiger charge is -2.34. The van der Waals surface area contributed by atoms with Crippen LogP contribution in [0.15, 0.2) is 16.8 Å². The molecular formula is C12H15NO4S. The van der Waals surface area contributed by atoms with Gasteiger partial charge in [-0.2, -0.15) is 11.3 Å². The van der Waals surface area contributed by atoms with Gasteiger partial charge >= 0.3 is 11.9 Å². The molecule has 18 heavy (non-hydrogen) atoms. The molecule has 1 aliphatic heterocycles. The van der Waals surface area contributed by atoms with Gasteiger partial charge in [-0.15, -0.1) is 0 Å². The number of aliphatic carboxylic acids is 2. The topological polar surface area (TPSA) is 77.8 Å². The lowest BCUT2D eigenvalue weighted by molar-refractivity contribution is -0.149. The first-order valence-corrected chi connectivity index (χ1v) is 6.75. The third kappa shape index (κ3) is 2.70. The van der Waals surface area contributed by atoms with Crippen LogP contribution in [0.4, 0.5) is 0 Å².